The van der Waals surface area contributed by atoms with E-state index in [4.69, 9.17) is 0 Å². The molecule has 0 spiro atoms. The van der Waals surface area contributed by atoms with Gasteiger partial charge >= 0.3 is 6.18 Å². The summed E-state index contributed by atoms with van der Waals surface area (Å²) in [6, 6.07) is 5.38. The lowest BCUT2D eigenvalue weighted by Gasteiger charge is -2.47. The largest absolute Gasteiger partial charge is 0.416 e. The Bertz CT molecular complexity index is 1090. The number of carbonyl (C=O) groups excluding carboxylic acids is 3. The van der Waals surface area contributed by atoms with Gasteiger partial charge in [0.25, 0.3) is 5.91 Å². The summed E-state index contributed by atoms with van der Waals surface area (Å²) in [5.74, 6) is -2.82. The molecule has 1 N–H and O–H groups in total. The average Bonchev–Trinajstić information content (AvgIpc) is 2.73. The number of nitrogens with one attached hydrogen (secondary N) is 1. The minimum Gasteiger partial charge on any atom is -0.353 e. The first-order chi connectivity index (χ1) is 15.3. The highest BCUT2D eigenvalue weighted by molar-refractivity contribution is 6.08. The minimum atomic E-state index is -4.51. The first-order valence-electron chi connectivity index (χ1n) is 9.98. The van der Waals surface area contributed by atoms with E-state index in [1.807, 2.05) is 0 Å². The summed E-state index contributed by atoms with van der Waals surface area (Å²) in [5, 5.41) is 2.50. The van der Waals surface area contributed by atoms with E-state index in [2.05, 4.69) is 10.3 Å². The van der Waals surface area contributed by atoms with Crippen molar-refractivity contribution in [2.24, 2.45) is 0 Å². The van der Waals surface area contributed by atoms with Crippen molar-refractivity contribution in [2.75, 3.05) is 18.0 Å². The smallest absolute Gasteiger partial charge is 0.353 e. The van der Waals surface area contributed by atoms with E-state index in [-0.39, 0.29) is 18.9 Å². The van der Waals surface area contributed by atoms with Crippen LogP contribution in [-0.2, 0) is 27.1 Å². The Morgan fingerprint density at radius 1 is 1.21 bits per heavy atom. The lowest BCUT2D eigenvalue weighted by molar-refractivity contribution is -0.151. The van der Waals surface area contributed by atoms with E-state index in [1.165, 1.54) is 43.1 Å². The lowest BCUT2D eigenvalue weighted by Crippen LogP contribution is -2.70. The molecule has 1 aliphatic heterocycles. The number of aryl methyl sites for hydroxylation is 1. The predicted molar refractivity (Wildman–Crippen MR) is 110 cm³/mol. The number of benzene rings is 1. The molecule has 0 saturated carbocycles. The van der Waals surface area contributed by atoms with Gasteiger partial charge in [-0.25, -0.2) is 9.37 Å². The number of hydrogen-bond acceptors (Lipinski definition) is 4. The first kappa shape index (κ1) is 24.1. The number of anilines is 1. The van der Waals surface area contributed by atoms with Crippen molar-refractivity contribution >= 4 is 23.5 Å². The Labute approximate surface area is 187 Å². The van der Waals surface area contributed by atoms with Crippen LogP contribution in [0.2, 0.25) is 0 Å². The molecule has 1 saturated heterocycles. The number of rotatable bonds is 5. The number of pyridine rings is 1. The van der Waals surface area contributed by atoms with Crippen LogP contribution >= 0.6 is 0 Å². The predicted octanol–water partition coefficient (Wildman–Crippen LogP) is 2.82. The molecule has 1 atom stereocenters. The zero-order chi connectivity index (χ0) is 24.6. The summed E-state index contributed by atoms with van der Waals surface area (Å²) >= 11 is 0. The SMILES string of the molecule is CC(=O)NC[C@@]1(C)C(=O)N(c2ncc(C)cc2F)CC(=O)N1Cc1ccc(C(F)(F)F)cc1. The molecule has 1 aromatic carbocycles. The van der Waals surface area contributed by atoms with Gasteiger partial charge in [-0.15, -0.1) is 0 Å². The highest BCUT2D eigenvalue weighted by Crippen LogP contribution is 2.32. The van der Waals surface area contributed by atoms with Gasteiger partial charge in [0.15, 0.2) is 11.6 Å². The Morgan fingerprint density at radius 2 is 1.85 bits per heavy atom. The number of nitrogens with zero attached hydrogens (tertiary/aromatic N) is 3. The molecule has 2 aromatic rings. The van der Waals surface area contributed by atoms with Crippen LogP contribution in [0.15, 0.2) is 36.5 Å². The van der Waals surface area contributed by atoms with Crippen LogP contribution in [0.5, 0.6) is 0 Å². The van der Waals surface area contributed by atoms with Gasteiger partial charge in [-0.2, -0.15) is 13.2 Å². The lowest BCUT2D eigenvalue weighted by atomic mass is 9.93. The summed E-state index contributed by atoms with van der Waals surface area (Å²) in [5.41, 5.74) is -1.61. The quantitative estimate of drug-likeness (QED) is 0.688. The monoisotopic (exact) mass is 466 g/mol. The Morgan fingerprint density at radius 3 is 2.39 bits per heavy atom. The van der Waals surface area contributed by atoms with Gasteiger partial charge in [0.2, 0.25) is 11.8 Å². The molecule has 11 heteroatoms. The molecular weight excluding hydrogens is 444 g/mol. The van der Waals surface area contributed by atoms with Crippen molar-refractivity contribution in [1.82, 2.24) is 15.2 Å². The molecule has 0 radical (unpaired) electrons. The van der Waals surface area contributed by atoms with Gasteiger partial charge in [-0.1, -0.05) is 12.1 Å². The molecule has 0 unspecified atom stereocenters. The molecule has 1 fully saturated rings. The zero-order valence-corrected chi connectivity index (χ0v) is 18.2. The Hall–Kier alpha value is -3.50. The molecular formula is C22H22F4N4O3. The molecule has 33 heavy (non-hydrogen) atoms. The Balaban J connectivity index is 1.96. The molecule has 7 nitrogen and oxygen atoms in total. The van der Waals surface area contributed by atoms with Gasteiger partial charge in [0.05, 0.1) is 5.56 Å². The number of aromatic nitrogens is 1. The van der Waals surface area contributed by atoms with Crippen molar-refractivity contribution in [3.8, 4) is 0 Å². The third-order valence-electron chi connectivity index (χ3n) is 5.41. The van der Waals surface area contributed by atoms with Crippen LogP contribution in [0, 0.1) is 12.7 Å². The van der Waals surface area contributed by atoms with Crippen LogP contribution in [0.1, 0.15) is 30.5 Å². The topological polar surface area (TPSA) is 82.6 Å². The molecule has 0 bridgehead atoms. The maximum Gasteiger partial charge on any atom is 0.416 e. The second kappa shape index (κ2) is 8.80. The fourth-order valence-corrected chi connectivity index (χ4v) is 3.58. The maximum atomic E-state index is 14.5. The molecule has 0 aliphatic carbocycles. The molecule has 1 aromatic heterocycles. The summed E-state index contributed by atoms with van der Waals surface area (Å²) < 4.78 is 53.1. The second-order valence-corrected chi connectivity index (χ2v) is 8.07. The Kier molecular flexibility index (Phi) is 6.44. The minimum absolute atomic E-state index is 0.184. The van der Waals surface area contributed by atoms with Crippen molar-refractivity contribution in [1.29, 1.82) is 0 Å². The third kappa shape index (κ3) is 4.96. The molecule has 1 aliphatic rings. The number of alkyl halides is 3. The summed E-state index contributed by atoms with van der Waals surface area (Å²) in [7, 11) is 0. The van der Waals surface area contributed by atoms with Crippen molar-refractivity contribution in [3.63, 3.8) is 0 Å². The average molecular weight is 466 g/mol. The van der Waals surface area contributed by atoms with Crippen LogP contribution in [0.25, 0.3) is 0 Å². The fourth-order valence-electron chi connectivity index (χ4n) is 3.58. The molecule has 3 rings (SSSR count). The number of hydrogen-bond donors (Lipinski definition) is 1. The number of amides is 3. The number of piperazine rings is 1. The molecule has 3 amide bonds. The van der Waals surface area contributed by atoms with Crippen LogP contribution < -0.4 is 10.2 Å². The van der Waals surface area contributed by atoms with E-state index < -0.39 is 47.4 Å². The number of halogens is 4. The van der Waals surface area contributed by atoms with Crippen LogP contribution in [0.3, 0.4) is 0 Å². The van der Waals surface area contributed by atoms with E-state index in [9.17, 15) is 31.9 Å². The van der Waals surface area contributed by atoms with Crippen molar-refractivity contribution in [3.05, 3.63) is 59.0 Å². The molecule has 2 heterocycles. The molecule has 176 valence electrons. The van der Waals surface area contributed by atoms with E-state index in [0.717, 1.165) is 17.0 Å². The van der Waals surface area contributed by atoms with E-state index in [1.54, 1.807) is 6.92 Å². The standard InChI is InChI=1S/C22H22F4N4O3/c1-13-8-17(23)19(27-9-13)29-11-18(32)30(21(3,20(29)33)12-28-14(2)31)10-15-4-6-16(7-5-15)22(24,25)26/h4-9H,10-12H2,1-3H3,(H,28,31)/t21-/m0/s1. The summed E-state index contributed by atoms with van der Waals surface area (Å²) in [6.07, 6.45) is -3.16. The van der Waals surface area contributed by atoms with Gasteiger partial charge < -0.3 is 10.2 Å². The van der Waals surface area contributed by atoms with E-state index >= 15 is 0 Å². The highest BCUT2D eigenvalue weighted by Gasteiger charge is 2.50. The van der Waals surface area contributed by atoms with Gasteiger partial charge in [-0.05, 0) is 43.2 Å². The van der Waals surface area contributed by atoms with Gasteiger partial charge in [0.1, 0.15) is 12.1 Å². The second-order valence-electron chi connectivity index (χ2n) is 8.07. The van der Waals surface area contributed by atoms with Crippen LogP contribution in [0.4, 0.5) is 23.4 Å². The normalized spacial score (nSPS) is 19.1. The maximum absolute atomic E-state index is 14.5. The summed E-state index contributed by atoms with van der Waals surface area (Å²) in [6.45, 7) is 3.29. The number of carbonyl (C=O) groups is 3. The highest BCUT2D eigenvalue weighted by atomic mass is 19.4. The van der Waals surface area contributed by atoms with Crippen molar-refractivity contribution in [2.45, 2.75) is 39.0 Å². The van der Waals surface area contributed by atoms with Gasteiger partial charge in [-0.3, -0.25) is 19.3 Å². The van der Waals surface area contributed by atoms with Crippen molar-refractivity contribution < 1.29 is 31.9 Å². The van der Waals surface area contributed by atoms with Gasteiger partial charge in [0, 0.05) is 26.2 Å². The first-order valence-corrected chi connectivity index (χ1v) is 9.98. The fraction of sp³-hybridized carbons (Fsp3) is 0.364. The van der Waals surface area contributed by atoms with Crippen LogP contribution in [-0.4, -0.2) is 46.2 Å². The summed E-state index contributed by atoms with van der Waals surface area (Å²) in [4.78, 5) is 44.1. The van der Waals surface area contributed by atoms with E-state index in [0.29, 0.717) is 11.1 Å². The third-order valence-corrected chi connectivity index (χ3v) is 5.41. The zero-order valence-electron chi connectivity index (χ0n) is 18.2.